The molecule has 6 heteroatoms. The van der Waals surface area contributed by atoms with E-state index in [0.717, 1.165) is 6.42 Å². The van der Waals surface area contributed by atoms with Crippen molar-refractivity contribution in [2.24, 2.45) is 0 Å². The van der Waals surface area contributed by atoms with Gasteiger partial charge in [0.2, 0.25) is 0 Å². The monoisotopic (exact) mass is 355 g/mol. The van der Waals surface area contributed by atoms with Gasteiger partial charge in [0.1, 0.15) is 17.4 Å². The average Bonchev–Trinajstić information content (AvgIpc) is 2.62. The Morgan fingerprint density at radius 2 is 2.04 bits per heavy atom. The number of hydrogen-bond acceptors (Lipinski definition) is 4. The van der Waals surface area contributed by atoms with Crippen LogP contribution in [0, 0.1) is 11.3 Å². The maximum Gasteiger partial charge on any atom is 0.267 e. The highest BCUT2D eigenvalue weighted by Crippen LogP contribution is 2.27. The summed E-state index contributed by atoms with van der Waals surface area (Å²) in [6, 6.07) is 16.7. The average molecular weight is 356 g/mol. The van der Waals surface area contributed by atoms with Gasteiger partial charge < -0.3 is 15.4 Å². The molecule has 1 amide bonds. The summed E-state index contributed by atoms with van der Waals surface area (Å²) < 4.78 is 5.06. The molecule has 128 valence electrons. The number of hydrogen-bond donors (Lipinski definition) is 2. The Morgan fingerprint density at radius 1 is 1.28 bits per heavy atom. The van der Waals surface area contributed by atoms with E-state index in [2.05, 4.69) is 10.6 Å². The van der Waals surface area contributed by atoms with Gasteiger partial charge in [0.05, 0.1) is 12.1 Å². The first-order valence-corrected chi connectivity index (χ1v) is 8.04. The fourth-order valence-corrected chi connectivity index (χ4v) is 2.38. The lowest BCUT2D eigenvalue weighted by molar-refractivity contribution is -0.112. The number of carbonyl (C=O) groups excluding carboxylic acids is 1. The Labute approximate surface area is 151 Å². The van der Waals surface area contributed by atoms with Crippen LogP contribution < -0.4 is 15.4 Å². The summed E-state index contributed by atoms with van der Waals surface area (Å²) in [4.78, 5) is 12.2. The summed E-state index contributed by atoms with van der Waals surface area (Å²) in [6.45, 7) is 0.622. The third-order valence-corrected chi connectivity index (χ3v) is 3.72. The zero-order valence-corrected chi connectivity index (χ0v) is 14.5. The molecule has 0 aromatic heterocycles. The minimum atomic E-state index is -0.504. The van der Waals surface area contributed by atoms with E-state index in [0.29, 0.717) is 23.0 Å². The van der Waals surface area contributed by atoms with Crippen LogP contribution in [0.1, 0.15) is 5.56 Å². The number of amides is 1. The predicted molar refractivity (Wildman–Crippen MR) is 98.5 cm³/mol. The van der Waals surface area contributed by atoms with Crippen molar-refractivity contribution in [1.82, 2.24) is 5.32 Å². The van der Waals surface area contributed by atoms with Crippen LogP contribution in [-0.4, -0.2) is 19.6 Å². The summed E-state index contributed by atoms with van der Waals surface area (Å²) in [6.07, 6.45) is 2.22. The lowest BCUT2D eigenvalue weighted by Gasteiger charge is -2.08. The van der Waals surface area contributed by atoms with E-state index in [-0.39, 0.29) is 5.57 Å². The molecule has 0 aliphatic heterocycles. The summed E-state index contributed by atoms with van der Waals surface area (Å²) in [5.74, 6) is 0.00855. The number of anilines is 1. The zero-order chi connectivity index (χ0) is 18.1. The van der Waals surface area contributed by atoms with Gasteiger partial charge >= 0.3 is 0 Å². The van der Waals surface area contributed by atoms with Crippen LogP contribution in [0.25, 0.3) is 0 Å². The van der Waals surface area contributed by atoms with Crippen LogP contribution >= 0.6 is 11.6 Å². The van der Waals surface area contributed by atoms with Crippen molar-refractivity contribution in [2.75, 3.05) is 19.0 Å². The molecule has 0 heterocycles. The topological polar surface area (TPSA) is 74.1 Å². The van der Waals surface area contributed by atoms with E-state index in [1.807, 2.05) is 36.4 Å². The van der Waals surface area contributed by atoms with Crippen molar-refractivity contribution in [3.05, 3.63) is 70.9 Å². The number of rotatable bonds is 7. The molecule has 2 rings (SSSR count). The highest BCUT2D eigenvalue weighted by atomic mass is 35.5. The summed E-state index contributed by atoms with van der Waals surface area (Å²) >= 11 is 6.02. The number of nitriles is 1. The number of nitrogens with one attached hydrogen (secondary N) is 2. The Hall–Kier alpha value is -2.97. The van der Waals surface area contributed by atoms with Gasteiger partial charge in [-0.05, 0) is 30.2 Å². The van der Waals surface area contributed by atoms with E-state index in [9.17, 15) is 4.79 Å². The van der Waals surface area contributed by atoms with E-state index in [4.69, 9.17) is 21.6 Å². The van der Waals surface area contributed by atoms with Crippen molar-refractivity contribution in [3.8, 4) is 11.8 Å². The normalized spacial score (nSPS) is 10.7. The van der Waals surface area contributed by atoms with Gasteiger partial charge in [-0.1, -0.05) is 41.9 Å². The van der Waals surface area contributed by atoms with E-state index in [1.165, 1.54) is 18.9 Å². The smallest absolute Gasteiger partial charge is 0.267 e. The number of nitrogens with zero attached hydrogens (tertiary/aromatic N) is 1. The number of benzene rings is 2. The lowest BCUT2D eigenvalue weighted by atomic mass is 10.1. The van der Waals surface area contributed by atoms with Crippen molar-refractivity contribution >= 4 is 23.2 Å². The second-order valence-electron chi connectivity index (χ2n) is 5.16. The molecule has 25 heavy (non-hydrogen) atoms. The largest absolute Gasteiger partial charge is 0.495 e. The minimum Gasteiger partial charge on any atom is -0.495 e. The number of ether oxygens (including phenoxy) is 1. The molecular formula is C19H18ClN3O2. The number of carbonyl (C=O) groups is 1. The van der Waals surface area contributed by atoms with Crippen molar-refractivity contribution in [2.45, 2.75) is 6.42 Å². The summed E-state index contributed by atoms with van der Waals surface area (Å²) in [7, 11) is 1.51. The maximum absolute atomic E-state index is 12.2. The van der Waals surface area contributed by atoms with Gasteiger partial charge in [-0.3, -0.25) is 4.79 Å². The molecule has 0 aliphatic carbocycles. The molecule has 0 aliphatic rings. The molecule has 0 radical (unpaired) electrons. The first-order chi connectivity index (χ1) is 12.1. The molecule has 0 saturated carbocycles. The van der Waals surface area contributed by atoms with E-state index >= 15 is 0 Å². The van der Waals surface area contributed by atoms with Gasteiger partial charge in [-0.15, -0.1) is 0 Å². The highest BCUT2D eigenvalue weighted by Gasteiger charge is 2.10. The van der Waals surface area contributed by atoms with Gasteiger partial charge in [-0.25, -0.2) is 0 Å². The van der Waals surface area contributed by atoms with Crippen molar-refractivity contribution in [3.63, 3.8) is 0 Å². The Balaban J connectivity index is 1.91. The van der Waals surface area contributed by atoms with Gasteiger partial charge in [-0.2, -0.15) is 5.26 Å². The Bertz CT molecular complexity index is 798. The van der Waals surface area contributed by atoms with Crippen LogP contribution in [0.4, 0.5) is 5.69 Å². The summed E-state index contributed by atoms with van der Waals surface area (Å²) in [5.41, 5.74) is 1.65. The Morgan fingerprint density at radius 3 is 2.68 bits per heavy atom. The van der Waals surface area contributed by atoms with Crippen molar-refractivity contribution in [1.29, 1.82) is 5.26 Å². The molecule has 0 atom stereocenters. The molecule has 0 bridgehead atoms. The first-order valence-electron chi connectivity index (χ1n) is 7.66. The predicted octanol–water partition coefficient (Wildman–Crippen LogP) is 3.53. The second-order valence-corrected chi connectivity index (χ2v) is 5.57. The van der Waals surface area contributed by atoms with Crippen LogP contribution in [0.3, 0.4) is 0 Å². The van der Waals surface area contributed by atoms with E-state index in [1.54, 1.807) is 18.2 Å². The maximum atomic E-state index is 12.2. The SMILES string of the molecule is COc1ccc(NC(=O)/C(C#N)=C\NCCc2ccccc2)cc1Cl. The summed E-state index contributed by atoms with van der Waals surface area (Å²) in [5, 5.41) is 15.2. The molecule has 0 saturated heterocycles. The number of halogens is 1. The van der Waals surface area contributed by atoms with Crippen LogP contribution in [0.2, 0.25) is 5.02 Å². The standard InChI is InChI=1S/C19H18ClN3O2/c1-25-18-8-7-16(11-17(18)20)23-19(24)15(12-21)13-22-10-9-14-5-3-2-4-6-14/h2-8,11,13,22H,9-10H2,1H3,(H,23,24)/b15-13-. The van der Waals surface area contributed by atoms with Crippen LogP contribution in [0.15, 0.2) is 60.3 Å². The lowest BCUT2D eigenvalue weighted by Crippen LogP contribution is -2.18. The zero-order valence-electron chi connectivity index (χ0n) is 13.8. The first kappa shape index (κ1) is 18.4. The molecule has 0 spiro atoms. The van der Waals surface area contributed by atoms with E-state index < -0.39 is 5.91 Å². The molecule has 2 aromatic rings. The van der Waals surface area contributed by atoms with Gasteiger partial charge in [0.25, 0.3) is 5.91 Å². The van der Waals surface area contributed by atoms with Crippen molar-refractivity contribution < 1.29 is 9.53 Å². The molecule has 0 unspecified atom stereocenters. The molecule has 2 N–H and O–H groups in total. The second kappa shape index (κ2) is 9.36. The third-order valence-electron chi connectivity index (χ3n) is 3.42. The minimum absolute atomic E-state index is 0.0139. The molecule has 2 aromatic carbocycles. The fourth-order valence-electron chi connectivity index (χ4n) is 2.13. The number of methoxy groups -OCH3 is 1. The van der Waals surface area contributed by atoms with Crippen LogP contribution in [-0.2, 0) is 11.2 Å². The Kier molecular flexibility index (Phi) is 6.87. The molecule has 0 fully saturated rings. The van der Waals surface area contributed by atoms with Crippen LogP contribution in [0.5, 0.6) is 5.75 Å². The molecule has 5 nitrogen and oxygen atoms in total. The van der Waals surface area contributed by atoms with Gasteiger partial charge in [0.15, 0.2) is 0 Å². The third kappa shape index (κ3) is 5.55. The fraction of sp³-hybridized carbons (Fsp3) is 0.158. The quantitative estimate of drug-likeness (QED) is 0.452. The molecular weight excluding hydrogens is 338 g/mol. The van der Waals surface area contributed by atoms with Gasteiger partial charge in [0, 0.05) is 18.4 Å². The highest BCUT2D eigenvalue weighted by molar-refractivity contribution is 6.32.